The molecule has 1 aromatic heterocycles. The summed E-state index contributed by atoms with van der Waals surface area (Å²) in [7, 11) is 0. The van der Waals surface area contributed by atoms with E-state index in [9.17, 15) is 0 Å². The van der Waals surface area contributed by atoms with Gasteiger partial charge in [0.15, 0.2) is 5.82 Å². The number of hydrogen-bond donors (Lipinski definition) is 1. The molecule has 1 aliphatic carbocycles. The molecule has 18 heavy (non-hydrogen) atoms. The molecule has 0 radical (unpaired) electrons. The molecule has 0 amide bonds. The molecule has 0 unspecified atom stereocenters. The molecule has 1 heterocycles. The largest absolute Gasteiger partial charge is 0.375 e. The summed E-state index contributed by atoms with van der Waals surface area (Å²) in [4.78, 5) is 4.33. The van der Waals surface area contributed by atoms with E-state index in [1.165, 1.54) is 0 Å². The zero-order chi connectivity index (χ0) is 12.5. The molecule has 0 spiro atoms. The Hall–Kier alpha value is -1.26. The van der Waals surface area contributed by atoms with Gasteiger partial charge >= 0.3 is 0 Å². The molecule has 0 bridgehead atoms. The van der Waals surface area contributed by atoms with Crippen molar-refractivity contribution in [1.29, 1.82) is 0 Å². The first-order valence-electron chi connectivity index (χ1n) is 5.74. The van der Waals surface area contributed by atoms with Crippen molar-refractivity contribution < 1.29 is 4.52 Å². The van der Waals surface area contributed by atoms with Gasteiger partial charge in [-0.25, -0.2) is 0 Å². The number of anilines is 1. The van der Waals surface area contributed by atoms with Crippen molar-refractivity contribution in [2.75, 3.05) is 5.32 Å². The van der Waals surface area contributed by atoms with Crippen LogP contribution in [0.1, 0.15) is 30.5 Å². The Morgan fingerprint density at radius 1 is 1.33 bits per heavy atom. The second kappa shape index (κ2) is 4.78. The number of nitrogens with zero attached hydrogens (tertiary/aromatic N) is 2. The maximum absolute atomic E-state index is 6.05. The van der Waals surface area contributed by atoms with Gasteiger partial charge < -0.3 is 9.84 Å². The average molecular weight is 284 g/mol. The highest BCUT2D eigenvalue weighted by atomic mass is 35.5. The molecule has 0 saturated heterocycles. The topological polar surface area (TPSA) is 51.0 Å². The van der Waals surface area contributed by atoms with E-state index in [1.807, 2.05) is 6.07 Å². The van der Waals surface area contributed by atoms with E-state index in [0.717, 1.165) is 24.4 Å². The molecular weight excluding hydrogens is 273 g/mol. The molecule has 6 heteroatoms. The van der Waals surface area contributed by atoms with Crippen LogP contribution in [0.25, 0.3) is 0 Å². The Balaban J connectivity index is 1.65. The highest BCUT2D eigenvalue weighted by Crippen LogP contribution is 2.38. The third-order valence-corrected chi connectivity index (χ3v) is 3.34. The minimum atomic E-state index is 0.459. The van der Waals surface area contributed by atoms with Gasteiger partial charge in [0.05, 0.1) is 17.3 Å². The minimum Gasteiger partial charge on any atom is -0.375 e. The minimum absolute atomic E-state index is 0.459. The highest BCUT2D eigenvalue weighted by molar-refractivity contribution is 6.36. The fourth-order valence-corrected chi connectivity index (χ4v) is 2.13. The van der Waals surface area contributed by atoms with Crippen LogP contribution in [0.3, 0.4) is 0 Å². The maximum Gasteiger partial charge on any atom is 0.245 e. The zero-order valence-electron chi connectivity index (χ0n) is 9.49. The summed E-state index contributed by atoms with van der Waals surface area (Å²) in [5, 5.41) is 8.27. The van der Waals surface area contributed by atoms with Gasteiger partial charge in [0.25, 0.3) is 0 Å². The monoisotopic (exact) mass is 283 g/mol. The first-order chi connectivity index (χ1) is 8.72. The molecule has 1 aliphatic rings. The van der Waals surface area contributed by atoms with Gasteiger partial charge in [0, 0.05) is 10.9 Å². The summed E-state index contributed by atoms with van der Waals surface area (Å²) < 4.78 is 5.16. The quantitative estimate of drug-likeness (QED) is 0.926. The molecule has 1 fully saturated rings. The first kappa shape index (κ1) is 11.8. The Kier molecular flexibility index (Phi) is 3.14. The molecule has 94 valence electrons. The highest BCUT2D eigenvalue weighted by Gasteiger charge is 2.28. The molecule has 0 aliphatic heterocycles. The number of halogens is 2. The van der Waals surface area contributed by atoms with Gasteiger partial charge in [-0.3, -0.25) is 0 Å². The number of aromatic nitrogens is 2. The SMILES string of the molecule is Clc1ccc(NCc2nc(C3CC3)no2)c(Cl)c1. The van der Waals surface area contributed by atoms with Gasteiger partial charge in [-0.05, 0) is 31.0 Å². The predicted molar refractivity (Wildman–Crippen MR) is 70.1 cm³/mol. The van der Waals surface area contributed by atoms with Gasteiger partial charge in [-0.15, -0.1) is 0 Å². The summed E-state index contributed by atoms with van der Waals surface area (Å²) in [6.07, 6.45) is 2.32. The summed E-state index contributed by atoms with van der Waals surface area (Å²) in [5.41, 5.74) is 0.798. The van der Waals surface area contributed by atoms with E-state index in [2.05, 4.69) is 15.5 Å². The van der Waals surface area contributed by atoms with E-state index in [4.69, 9.17) is 27.7 Å². The Morgan fingerprint density at radius 3 is 2.89 bits per heavy atom. The van der Waals surface area contributed by atoms with Crippen LogP contribution in [-0.2, 0) is 6.54 Å². The van der Waals surface area contributed by atoms with Crippen molar-refractivity contribution in [3.05, 3.63) is 40.0 Å². The number of rotatable bonds is 4. The average Bonchev–Trinajstić information content (AvgIpc) is 3.08. The smallest absolute Gasteiger partial charge is 0.245 e. The van der Waals surface area contributed by atoms with Crippen LogP contribution in [0, 0.1) is 0 Å². The van der Waals surface area contributed by atoms with E-state index in [0.29, 0.717) is 28.4 Å². The van der Waals surface area contributed by atoms with Crippen molar-refractivity contribution in [3.8, 4) is 0 Å². The predicted octanol–water partition coefficient (Wildman–Crippen LogP) is 3.87. The number of nitrogens with one attached hydrogen (secondary N) is 1. The summed E-state index contributed by atoms with van der Waals surface area (Å²) in [6, 6.07) is 5.29. The first-order valence-corrected chi connectivity index (χ1v) is 6.49. The van der Waals surface area contributed by atoms with Crippen LogP contribution in [-0.4, -0.2) is 10.1 Å². The lowest BCUT2D eigenvalue weighted by Crippen LogP contribution is -2.00. The van der Waals surface area contributed by atoms with E-state index in [1.54, 1.807) is 12.1 Å². The van der Waals surface area contributed by atoms with Crippen LogP contribution < -0.4 is 5.32 Å². The van der Waals surface area contributed by atoms with Crippen molar-refractivity contribution >= 4 is 28.9 Å². The Bertz CT molecular complexity index is 566. The molecule has 1 saturated carbocycles. The van der Waals surface area contributed by atoms with Crippen LogP contribution in [0.2, 0.25) is 10.0 Å². The summed E-state index contributed by atoms with van der Waals surface area (Å²) >= 11 is 11.9. The van der Waals surface area contributed by atoms with Crippen molar-refractivity contribution in [2.24, 2.45) is 0 Å². The standard InChI is InChI=1S/C12H11Cl2N3O/c13-8-3-4-10(9(14)5-8)15-6-11-16-12(17-18-11)7-1-2-7/h3-5,7,15H,1-2,6H2. The molecular formula is C12H11Cl2N3O. The molecule has 0 atom stereocenters. The third kappa shape index (κ3) is 2.60. The number of benzene rings is 1. The Morgan fingerprint density at radius 2 is 2.17 bits per heavy atom. The summed E-state index contributed by atoms with van der Waals surface area (Å²) in [6.45, 7) is 0.459. The fourth-order valence-electron chi connectivity index (χ4n) is 1.65. The number of hydrogen-bond acceptors (Lipinski definition) is 4. The molecule has 1 aromatic carbocycles. The second-order valence-electron chi connectivity index (χ2n) is 4.30. The van der Waals surface area contributed by atoms with Crippen molar-refractivity contribution in [3.63, 3.8) is 0 Å². The van der Waals surface area contributed by atoms with Crippen LogP contribution in [0.15, 0.2) is 22.7 Å². The lowest BCUT2D eigenvalue weighted by atomic mass is 10.3. The van der Waals surface area contributed by atoms with E-state index < -0.39 is 0 Å². The van der Waals surface area contributed by atoms with E-state index in [-0.39, 0.29) is 0 Å². The van der Waals surface area contributed by atoms with Gasteiger partial charge in [-0.2, -0.15) is 4.98 Å². The third-order valence-electron chi connectivity index (χ3n) is 2.79. The lowest BCUT2D eigenvalue weighted by Gasteiger charge is -2.05. The van der Waals surface area contributed by atoms with Crippen molar-refractivity contribution in [2.45, 2.75) is 25.3 Å². The molecule has 1 N–H and O–H groups in total. The fraction of sp³-hybridized carbons (Fsp3) is 0.333. The van der Waals surface area contributed by atoms with Gasteiger partial charge in [0.1, 0.15) is 0 Å². The zero-order valence-corrected chi connectivity index (χ0v) is 11.0. The molecule has 4 nitrogen and oxygen atoms in total. The normalized spacial score (nSPS) is 14.8. The molecule has 2 aromatic rings. The van der Waals surface area contributed by atoms with Crippen molar-refractivity contribution in [1.82, 2.24) is 10.1 Å². The van der Waals surface area contributed by atoms with Gasteiger partial charge in [-0.1, -0.05) is 28.4 Å². The van der Waals surface area contributed by atoms with E-state index >= 15 is 0 Å². The van der Waals surface area contributed by atoms with Crippen LogP contribution >= 0.6 is 23.2 Å². The maximum atomic E-state index is 6.05. The van der Waals surface area contributed by atoms with Crippen LogP contribution in [0.5, 0.6) is 0 Å². The summed E-state index contributed by atoms with van der Waals surface area (Å²) in [5.74, 6) is 1.89. The Labute approximate surface area is 114 Å². The molecule has 3 rings (SSSR count). The van der Waals surface area contributed by atoms with Crippen LogP contribution in [0.4, 0.5) is 5.69 Å². The van der Waals surface area contributed by atoms with Gasteiger partial charge in [0.2, 0.25) is 5.89 Å². The lowest BCUT2D eigenvalue weighted by molar-refractivity contribution is 0.378. The second-order valence-corrected chi connectivity index (χ2v) is 5.14.